The number of nitrogens with one attached hydrogen (secondary N) is 1. The van der Waals surface area contributed by atoms with Gasteiger partial charge in [-0.25, -0.2) is 14.6 Å². The third-order valence-corrected chi connectivity index (χ3v) is 4.51. The Morgan fingerprint density at radius 3 is 2.35 bits per heavy atom. The van der Waals surface area contributed by atoms with Gasteiger partial charge in [-0.2, -0.15) is 31.4 Å². The molecule has 0 saturated heterocycles. The van der Waals surface area contributed by atoms with Crippen LogP contribution in [0.25, 0.3) is 5.82 Å². The second-order valence-corrected chi connectivity index (χ2v) is 6.82. The zero-order valence-electron chi connectivity index (χ0n) is 15.0. The average molecular weight is 464 g/mol. The predicted molar refractivity (Wildman–Crippen MR) is 94.3 cm³/mol. The van der Waals surface area contributed by atoms with Crippen LogP contribution in [-0.4, -0.2) is 31.6 Å². The molecule has 0 unspecified atom stereocenters. The van der Waals surface area contributed by atoms with E-state index in [2.05, 4.69) is 20.4 Å². The number of hydrogen-bond acceptors (Lipinski definition) is 6. The quantitative estimate of drug-likeness (QED) is 0.564. The van der Waals surface area contributed by atoms with E-state index in [1.165, 1.54) is 5.38 Å². The number of primary amides is 1. The number of anilines is 1. The van der Waals surface area contributed by atoms with E-state index in [0.29, 0.717) is 24.5 Å². The highest BCUT2D eigenvalue weighted by Gasteiger charge is 2.41. The number of pyridine rings is 1. The van der Waals surface area contributed by atoms with Crippen molar-refractivity contribution in [3.05, 3.63) is 52.4 Å². The summed E-state index contributed by atoms with van der Waals surface area (Å²) in [5.41, 5.74) is 1.64. The van der Waals surface area contributed by atoms with E-state index < -0.39 is 46.8 Å². The molecule has 0 aromatic carbocycles. The highest BCUT2D eigenvalue weighted by atomic mass is 32.1. The number of thiazole rings is 1. The lowest BCUT2D eigenvalue weighted by atomic mass is 10.2. The zero-order chi connectivity index (χ0) is 23.0. The predicted octanol–water partition coefficient (Wildman–Crippen LogP) is 3.04. The summed E-state index contributed by atoms with van der Waals surface area (Å²) in [7, 11) is 0. The molecular formula is C16H10F6N6O2S. The molecule has 0 aliphatic heterocycles. The van der Waals surface area contributed by atoms with Crippen LogP contribution in [0.5, 0.6) is 0 Å². The van der Waals surface area contributed by atoms with Gasteiger partial charge in [0.15, 0.2) is 16.6 Å². The largest absolute Gasteiger partial charge is 0.434 e. The van der Waals surface area contributed by atoms with Crippen LogP contribution < -0.4 is 11.1 Å². The number of nitrogens with two attached hydrogens (primary N) is 1. The molecule has 0 bridgehead atoms. The van der Waals surface area contributed by atoms with Crippen LogP contribution in [0, 0.1) is 0 Å². The number of hydrogen-bond donors (Lipinski definition) is 2. The maximum Gasteiger partial charge on any atom is 0.434 e. The van der Waals surface area contributed by atoms with Crippen molar-refractivity contribution in [2.75, 3.05) is 5.32 Å². The van der Waals surface area contributed by atoms with E-state index >= 15 is 0 Å². The van der Waals surface area contributed by atoms with Gasteiger partial charge in [-0.3, -0.25) is 14.9 Å². The van der Waals surface area contributed by atoms with Crippen LogP contribution in [-0.2, 0) is 23.6 Å². The van der Waals surface area contributed by atoms with Gasteiger partial charge >= 0.3 is 12.4 Å². The summed E-state index contributed by atoms with van der Waals surface area (Å²) < 4.78 is 79.1. The van der Waals surface area contributed by atoms with Crippen molar-refractivity contribution >= 4 is 28.3 Å². The highest BCUT2D eigenvalue weighted by Crippen LogP contribution is 2.34. The molecule has 2 amide bonds. The lowest BCUT2D eigenvalue weighted by molar-refractivity contribution is -0.143. The fourth-order valence-corrected chi connectivity index (χ4v) is 3.13. The SMILES string of the molecule is NC(=O)Cc1csc(NC(=O)c2cnn(-c3ccc(C(F)(F)F)cn3)c2C(F)(F)F)n1. The van der Waals surface area contributed by atoms with Crippen molar-refractivity contribution in [2.24, 2.45) is 5.73 Å². The van der Waals surface area contributed by atoms with Gasteiger partial charge in [0.25, 0.3) is 5.91 Å². The summed E-state index contributed by atoms with van der Waals surface area (Å²) in [6.07, 6.45) is -9.08. The summed E-state index contributed by atoms with van der Waals surface area (Å²) in [5, 5.41) is 6.92. The molecule has 31 heavy (non-hydrogen) atoms. The molecule has 3 N–H and O–H groups in total. The Bertz CT molecular complexity index is 1120. The second kappa shape index (κ2) is 7.98. The van der Waals surface area contributed by atoms with Gasteiger partial charge in [-0.1, -0.05) is 0 Å². The smallest absolute Gasteiger partial charge is 0.369 e. The average Bonchev–Trinajstić information content (AvgIpc) is 3.27. The van der Waals surface area contributed by atoms with Gasteiger partial charge in [0.2, 0.25) is 5.91 Å². The Labute approximate surface area is 172 Å². The van der Waals surface area contributed by atoms with Crippen LogP contribution in [0.1, 0.15) is 27.3 Å². The number of rotatable bonds is 5. The summed E-state index contributed by atoms with van der Waals surface area (Å²) in [5.74, 6) is -2.48. The van der Waals surface area contributed by atoms with Gasteiger partial charge in [0.05, 0.1) is 29.4 Å². The maximum absolute atomic E-state index is 13.6. The first kappa shape index (κ1) is 22.2. The molecule has 164 valence electrons. The summed E-state index contributed by atoms with van der Waals surface area (Å²) in [4.78, 5) is 30.5. The van der Waals surface area contributed by atoms with Crippen LogP contribution >= 0.6 is 11.3 Å². The number of nitrogens with zero attached hydrogens (tertiary/aromatic N) is 4. The molecule has 3 aromatic heterocycles. The Balaban J connectivity index is 1.93. The lowest BCUT2D eigenvalue weighted by Crippen LogP contribution is -2.21. The van der Waals surface area contributed by atoms with E-state index in [9.17, 15) is 35.9 Å². The Kier molecular flexibility index (Phi) is 5.71. The fraction of sp³-hybridized carbons (Fsp3) is 0.188. The van der Waals surface area contributed by atoms with Crippen molar-refractivity contribution in [1.82, 2.24) is 19.7 Å². The molecule has 3 aromatic rings. The molecule has 15 heteroatoms. The minimum atomic E-state index is -5.09. The van der Waals surface area contributed by atoms with Crippen molar-refractivity contribution < 1.29 is 35.9 Å². The van der Waals surface area contributed by atoms with Gasteiger partial charge < -0.3 is 5.73 Å². The first-order valence-electron chi connectivity index (χ1n) is 8.09. The third kappa shape index (κ3) is 4.99. The molecule has 0 fully saturated rings. The molecule has 3 rings (SSSR count). The van der Waals surface area contributed by atoms with Gasteiger partial charge in [-0.15, -0.1) is 11.3 Å². The topological polar surface area (TPSA) is 116 Å². The lowest BCUT2D eigenvalue weighted by Gasteiger charge is -2.12. The summed E-state index contributed by atoms with van der Waals surface area (Å²) >= 11 is 0.857. The molecule has 0 aliphatic carbocycles. The Morgan fingerprint density at radius 1 is 1.10 bits per heavy atom. The molecule has 0 spiro atoms. The number of amides is 2. The van der Waals surface area contributed by atoms with Crippen molar-refractivity contribution in [3.8, 4) is 5.82 Å². The molecule has 8 nitrogen and oxygen atoms in total. The minimum Gasteiger partial charge on any atom is -0.369 e. The number of carbonyl (C=O) groups is 2. The maximum atomic E-state index is 13.6. The van der Waals surface area contributed by atoms with E-state index in [0.717, 1.165) is 11.3 Å². The minimum absolute atomic E-state index is 0.0882. The number of aromatic nitrogens is 4. The number of alkyl halides is 6. The Hall–Kier alpha value is -3.49. The Morgan fingerprint density at radius 2 is 1.81 bits per heavy atom. The monoisotopic (exact) mass is 464 g/mol. The van der Waals surface area contributed by atoms with Crippen molar-refractivity contribution in [2.45, 2.75) is 18.8 Å². The second-order valence-electron chi connectivity index (χ2n) is 5.96. The molecule has 0 saturated carbocycles. The number of halogens is 6. The van der Waals surface area contributed by atoms with Crippen LogP contribution in [0.15, 0.2) is 29.9 Å². The van der Waals surface area contributed by atoms with E-state index in [1.54, 1.807) is 0 Å². The van der Waals surface area contributed by atoms with Crippen molar-refractivity contribution in [3.63, 3.8) is 0 Å². The third-order valence-electron chi connectivity index (χ3n) is 3.70. The van der Waals surface area contributed by atoms with Crippen LogP contribution in [0.3, 0.4) is 0 Å². The van der Waals surface area contributed by atoms with Crippen molar-refractivity contribution in [1.29, 1.82) is 0 Å². The summed E-state index contributed by atoms with van der Waals surface area (Å²) in [6, 6.07) is 1.24. The zero-order valence-corrected chi connectivity index (χ0v) is 15.8. The molecule has 0 radical (unpaired) electrons. The first-order valence-corrected chi connectivity index (χ1v) is 8.97. The molecule has 0 atom stereocenters. The van der Waals surface area contributed by atoms with E-state index in [4.69, 9.17) is 5.73 Å². The normalized spacial score (nSPS) is 12.1. The molecule has 3 heterocycles. The van der Waals surface area contributed by atoms with E-state index in [-0.39, 0.29) is 21.9 Å². The van der Waals surface area contributed by atoms with Crippen LogP contribution in [0.4, 0.5) is 31.5 Å². The van der Waals surface area contributed by atoms with Gasteiger partial charge in [0, 0.05) is 11.6 Å². The van der Waals surface area contributed by atoms with Crippen LogP contribution in [0.2, 0.25) is 0 Å². The molecular weight excluding hydrogens is 454 g/mol. The highest BCUT2D eigenvalue weighted by molar-refractivity contribution is 7.14. The molecule has 0 aliphatic rings. The first-order chi connectivity index (χ1) is 14.4. The van der Waals surface area contributed by atoms with E-state index in [1.807, 2.05) is 0 Å². The van der Waals surface area contributed by atoms with Gasteiger partial charge in [0.1, 0.15) is 0 Å². The number of carbonyl (C=O) groups excluding carboxylic acids is 2. The summed E-state index contributed by atoms with van der Waals surface area (Å²) in [6.45, 7) is 0. The fourth-order valence-electron chi connectivity index (χ4n) is 2.43. The standard InChI is InChI=1S/C16H10F6N6O2S/c17-15(18,19)7-1-2-11(24-4-7)28-12(16(20,21)22)9(5-25-28)13(30)27-14-26-8(6-31-14)3-10(23)29/h1-2,4-6H,3H2,(H2,23,29)(H,26,27,30). The van der Waals surface area contributed by atoms with Gasteiger partial charge in [-0.05, 0) is 12.1 Å².